The zero-order chi connectivity index (χ0) is 14.1. The molecule has 2 aromatic rings. The lowest BCUT2D eigenvalue weighted by Gasteiger charge is -2.14. The van der Waals surface area contributed by atoms with Gasteiger partial charge >= 0.3 is 0 Å². The topological polar surface area (TPSA) is 32.3 Å². The number of hydrogen-bond acceptors (Lipinski definition) is 3. The van der Waals surface area contributed by atoms with Crippen molar-refractivity contribution in [1.82, 2.24) is 5.32 Å². The summed E-state index contributed by atoms with van der Waals surface area (Å²) in [5.41, 5.74) is 2.09. The van der Waals surface area contributed by atoms with Crippen LogP contribution < -0.4 is 5.32 Å². The molecule has 1 heterocycles. The van der Waals surface area contributed by atoms with Crippen molar-refractivity contribution in [3.05, 3.63) is 51.0 Å². The summed E-state index contributed by atoms with van der Waals surface area (Å²) in [6, 6.07) is 6.52. The maximum Gasteiger partial charge on any atom is 0.131 e. The van der Waals surface area contributed by atoms with E-state index in [9.17, 15) is 9.50 Å². The van der Waals surface area contributed by atoms with Crippen LogP contribution in [0, 0.1) is 5.82 Å². The number of rotatable bonds is 4. The van der Waals surface area contributed by atoms with E-state index >= 15 is 0 Å². The first-order valence-electron chi connectivity index (χ1n) is 6.96. The molecule has 1 aliphatic rings. The number of halogens is 1. The normalized spacial score (nSPS) is 15.3. The maximum atomic E-state index is 13.8. The number of thiophene rings is 1. The van der Waals surface area contributed by atoms with Crippen LogP contribution in [0.2, 0.25) is 0 Å². The fraction of sp³-hybridized carbons (Fsp3) is 0.375. The van der Waals surface area contributed by atoms with Gasteiger partial charge in [-0.2, -0.15) is 0 Å². The Morgan fingerprint density at radius 1 is 1.35 bits per heavy atom. The number of hydrogen-bond donors (Lipinski definition) is 2. The predicted molar refractivity (Wildman–Crippen MR) is 79.7 cm³/mol. The molecule has 0 amide bonds. The van der Waals surface area contributed by atoms with Gasteiger partial charge in [-0.05, 0) is 43.9 Å². The van der Waals surface area contributed by atoms with Gasteiger partial charge in [0.15, 0.2) is 0 Å². The molecule has 0 bridgehead atoms. The second-order valence-corrected chi connectivity index (χ2v) is 6.54. The number of fused-ring (bicyclic) bond motifs is 1. The van der Waals surface area contributed by atoms with Gasteiger partial charge in [0.25, 0.3) is 0 Å². The largest absolute Gasteiger partial charge is 0.508 e. The van der Waals surface area contributed by atoms with Gasteiger partial charge in [0.1, 0.15) is 11.6 Å². The van der Waals surface area contributed by atoms with Crippen molar-refractivity contribution in [3.63, 3.8) is 0 Å². The summed E-state index contributed by atoms with van der Waals surface area (Å²) in [4.78, 5) is 2.84. The van der Waals surface area contributed by atoms with E-state index in [1.165, 1.54) is 40.6 Å². The molecule has 2 N–H and O–H groups in total. The van der Waals surface area contributed by atoms with Crippen molar-refractivity contribution in [2.45, 2.75) is 38.8 Å². The lowest BCUT2D eigenvalue weighted by atomic mass is 10.1. The molecule has 1 unspecified atom stereocenters. The highest BCUT2D eigenvalue weighted by Crippen LogP contribution is 2.31. The van der Waals surface area contributed by atoms with Crippen LogP contribution in [-0.4, -0.2) is 5.11 Å². The molecule has 20 heavy (non-hydrogen) atoms. The zero-order valence-electron chi connectivity index (χ0n) is 11.4. The Morgan fingerprint density at radius 3 is 2.95 bits per heavy atom. The van der Waals surface area contributed by atoms with Crippen LogP contribution in [0.4, 0.5) is 4.39 Å². The molecule has 0 spiro atoms. The molecule has 0 saturated heterocycles. The first kappa shape index (κ1) is 13.6. The monoisotopic (exact) mass is 291 g/mol. The van der Waals surface area contributed by atoms with E-state index in [0.29, 0.717) is 5.56 Å². The molecule has 4 heteroatoms. The van der Waals surface area contributed by atoms with E-state index in [1.807, 2.05) is 18.3 Å². The van der Waals surface area contributed by atoms with Gasteiger partial charge in [0.2, 0.25) is 0 Å². The number of aryl methyl sites for hydroxylation is 2. The Kier molecular flexibility index (Phi) is 3.76. The first-order chi connectivity index (χ1) is 9.63. The molecule has 1 atom stereocenters. The Labute approximate surface area is 122 Å². The predicted octanol–water partition coefficient (Wildman–Crippen LogP) is 3.93. The zero-order valence-corrected chi connectivity index (χ0v) is 12.3. The lowest BCUT2D eigenvalue weighted by molar-refractivity contribution is 0.463. The van der Waals surface area contributed by atoms with E-state index < -0.39 is 0 Å². The van der Waals surface area contributed by atoms with Crippen molar-refractivity contribution >= 4 is 11.3 Å². The highest BCUT2D eigenvalue weighted by molar-refractivity contribution is 7.12. The molecule has 106 valence electrons. The van der Waals surface area contributed by atoms with Gasteiger partial charge in [-0.15, -0.1) is 11.3 Å². The van der Waals surface area contributed by atoms with E-state index in [1.54, 1.807) is 6.07 Å². The van der Waals surface area contributed by atoms with Gasteiger partial charge in [-0.25, -0.2) is 4.39 Å². The van der Waals surface area contributed by atoms with Crippen LogP contribution in [0.1, 0.15) is 40.3 Å². The smallest absolute Gasteiger partial charge is 0.131 e. The minimum absolute atomic E-state index is 0.0341. The third kappa shape index (κ3) is 2.72. The second kappa shape index (κ2) is 5.54. The molecule has 0 aliphatic heterocycles. The summed E-state index contributed by atoms with van der Waals surface area (Å²) in [6.45, 7) is 2.70. The maximum absolute atomic E-state index is 13.8. The van der Waals surface area contributed by atoms with Gasteiger partial charge in [0.05, 0.1) is 0 Å². The fourth-order valence-electron chi connectivity index (χ4n) is 2.71. The van der Waals surface area contributed by atoms with Gasteiger partial charge in [-0.3, -0.25) is 0 Å². The number of phenolic OH excluding ortho intramolecular Hbond substituents is 1. The Morgan fingerprint density at radius 2 is 2.20 bits per heavy atom. The molecule has 0 fully saturated rings. The van der Waals surface area contributed by atoms with Crippen LogP contribution >= 0.6 is 11.3 Å². The number of benzene rings is 1. The lowest BCUT2D eigenvalue weighted by Crippen LogP contribution is -2.18. The summed E-state index contributed by atoms with van der Waals surface area (Å²) in [7, 11) is 0. The fourth-order valence-corrected chi connectivity index (χ4v) is 3.92. The van der Waals surface area contributed by atoms with Crippen molar-refractivity contribution in [3.8, 4) is 5.75 Å². The first-order valence-corrected chi connectivity index (χ1v) is 7.77. The Bertz CT molecular complexity index is 601. The van der Waals surface area contributed by atoms with Crippen molar-refractivity contribution in [1.29, 1.82) is 0 Å². The van der Waals surface area contributed by atoms with Crippen LogP contribution in [0.25, 0.3) is 0 Å². The third-order valence-corrected chi connectivity index (χ3v) is 5.07. The van der Waals surface area contributed by atoms with Gasteiger partial charge in [-0.1, -0.05) is 6.07 Å². The average Bonchev–Trinajstić information content (AvgIpc) is 2.96. The molecular weight excluding hydrogens is 273 g/mol. The van der Waals surface area contributed by atoms with Crippen LogP contribution in [0.15, 0.2) is 24.3 Å². The standard InChI is InChI=1S/C16H18FNOS/c1-10(14-6-5-12(19)8-15(14)17)18-9-13-7-11-3-2-4-16(11)20-13/h5-8,10,18-19H,2-4,9H2,1H3. The average molecular weight is 291 g/mol. The van der Waals surface area contributed by atoms with Gasteiger partial charge in [0, 0.05) is 34.0 Å². The van der Waals surface area contributed by atoms with E-state index in [0.717, 1.165) is 12.6 Å². The second-order valence-electron chi connectivity index (χ2n) is 5.32. The molecule has 3 rings (SSSR count). The number of aromatic hydroxyl groups is 1. The molecule has 1 aromatic heterocycles. The minimum atomic E-state index is -0.362. The van der Waals surface area contributed by atoms with Crippen molar-refractivity contribution < 1.29 is 9.50 Å². The van der Waals surface area contributed by atoms with Gasteiger partial charge < -0.3 is 10.4 Å². The Hall–Kier alpha value is -1.39. The van der Waals surface area contributed by atoms with Crippen molar-refractivity contribution in [2.24, 2.45) is 0 Å². The van der Waals surface area contributed by atoms with E-state index in [-0.39, 0.29) is 17.6 Å². The van der Waals surface area contributed by atoms with E-state index in [2.05, 4.69) is 11.4 Å². The summed E-state index contributed by atoms with van der Waals surface area (Å²) in [5.74, 6) is -0.396. The summed E-state index contributed by atoms with van der Waals surface area (Å²) >= 11 is 1.87. The summed E-state index contributed by atoms with van der Waals surface area (Å²) < 4.78 is 13.8. The third-order valence-electron chi connectivity index (χ3n) is 3.83. The summed E-state index contributed by atoms with van der Waals surface area (Å²) in [5, 5.41) is 12.6. The molecule has 0 saturated carbocycles. The van der Waals surface area contributed by atoms with Crippen LogP contribution in [-0.2, 0) is 19.4 Å². The Balaban J connectivity index is 1.65. The van der Waals surface area contributed by atoms with E-state index in [4.69, 9.17) is 0 Å². The number of nitrogens with one attached hydrogen (secondary N) is 1. The number of phenols is 1. The highest BCUT2D eigenvalue weighted by Gasteiger charge is 2.16. The van der Waals surface area contributed by atoms with Crippen LogP contribution in [0.5, 0.6) is 5.75 Å². The summed E-state index contributed by atoms with van der Waals surface area (Å²) in [6.07, 6.45) is 3.69. The molecule has 1 aliphatic carbocycles. The SMILES string of the molecule is CC(NCc1cc2c(s1)CCC2)c1ccc(O)cc1F. The quantitative estimate of drug-likeness (QED) is 0.894. The van der Waals surface area contributed by atoms with Crippen LogP contribution in [0.3, 0.4) is 0 Å². The molecule has 1 aromatic carbocycles. The minimum Gasteiger partial charge on any atom is -0.508 e. The molecular formula is C16H18FNOS. The molecule has 0 radical (unpaired) electrons. The van der Waals surface area contributed by atoms with Crippen molar-refractivity contribution in [2.75, 3.05) is 0 Å². The molecule has 2 nitrogen and oxygen atoms in total. The highest BCUT2D eigenvalue weighted by atomic mass is 32.1.